The molecule has 2 saturated heterocycles. The number of hydrazine groups is 2. The van der Waals surface area contributed by atoms with Crippen LogP contribution in [0.5, 0.6) is 0 Å². The third kappa shape index (κ3) is 9.01. The molecule has 6 nitrogen and oxygen atoms in total. The molecular weight excluding hydrogens is 420 g/mol. The Balaban J connectivity index is 0.000000403. The first-order valence-electron chi connectivity index (χ1n) is 7.24. The average Bonchev–Trinajstić information content (AvgIpc) is 2.55. The SMILES string of the molecule is CN(C(=S)[S-])N1CCNCC1.CN(C(=S)[S-])N1CCNCC1.[Cu+2]. The van der Waals surface area contributed by atoms with Crippen molar-refractivity contribution in [3.8, 4) is 0 Å². The molecular formula is C12H24CuN6S4. The minimum atomic E-state index is 0. The molecule has 2 aliphatic rings. The van der Waals surface area contributed by atoms with Gasteiger partial charge in [0.25, 0.3) is 0 Å². The Bertz CT molecular complexity index is 329. The van der Waals surface area contributed by atoms with Crippen molar-refractivity contribution in [2.45, 2.75) is 0 Å². The molecule has 0 bridgehead atoms. The van der Waals surface area contributed by atoms with E-state index in [2.05, 4.69) is 20.7 Å². The van der Waals surface area contributed by atoms with Gasteiger partial charge < -0.3 is 70.3 Å². The van der Waals surface area contributed by atoms with E-state index in [-0.39, 0.29) is 17.1 Å². The first-order chi connectivity index (χ1) is 10.4. The Hall–Kier alpha value is 0.579. The molecule has 2 N–H and O–H groups in total. The van der Waals surface area contributed by atoms with Crippen LogP contribution in [0.3, 0.4) is 0 Å². The topological polar surface area (TPSA) is 37.0 Å². The quantitative estimate of drug-likeness (QED) is 0.320. The fourth-order valence-corrected chi connectivity index (χ4v) is 2.60. The molecule has 0 aromatic heterocycles. The number of thiocarbonyl (C=S) groups is 2. The molecule has 0 saturated carbocycles. The first-order valence-corrected chi connectivity index (χ1v) is 8.87. The maximum absolute atomic E-state index is 4.88. The number of nitrogens with zero attached hydrogens (tertiary/aromatic N) is 4. The van der Waals surface area contributed by atoms with Crippen LogP contribution in [0, 0.1) is 0 Å². The van der Waals surface area contributed by atoms with E-state index in [1.54, 1.807) is 0 Å². The van der Waals surface area contributed by atoms with Crippen molar-refractivity contribution >= 4 is 58.3 Å². The van der Waals surface area contributed by atoms with Gasteiger partial charge in [-0.2, -0.15) is 0 Å². The van der Waals surface area contributed by atoms with Crippen LogP contribution < -0.4 is 10.6 Å². The Kier molecular flexibility index (Phi) is 13.2. The van der Waals surface area contributed by atoms with Gasteiger partial charge in [0, 0.05) is 66.5 Å². The third-order valence-corrected chi connectivity index (χ3v) is 4.62. The summed E-state index contributed by atoms with van der Waals surface area (Å²) in [6.07, 6.45) is 0. The molecule has 0 unspecified atom stereocenters. The largest absolute Gasteiger partial charge is 2.00 e. The van der Waals surface area contributed by atoms with E-state index in [0.29, 0.717) is 8.64 Å². The smallest absolute Gasteiger partial charge is 0.410 e. The van der Waals surface area contributed by atoms with E-state index in [1.165, 1.54) is 0 Å². The summed E-state index contributed by atoms with van der Waals surface area (Å²) >= 11 is 19.5. The molecule has 2 rings (SSSR count). The Morgan fingerprint density at radius 2 is 1.04 bits per heavy atom. The van der Waals surface area contributed by atoms with Crippen LogP contribution in [-0.4, -0.2) is 95.1 Å². The summed E-state index contributed by atoms with van der Waals surface area (Å²) in [5.41, 5.74) is 0. The maximum atomic E-state index is 4.88. The molecule has 0 amide bonds. The van der Waals surface area contributed by atoms with Crippen LogP contribution in [0.1, 0.15) is 0 Å². The number of hydrogen-bond acceptors (Lipinski definition) is 8. The predicted octanol–water partition coefficient (Wildman–Crippen LogP) is -0.862. The standard InChI is InChI=1S/2C6H13N3S2.Cu/c2*1-8(6(10)11)9-4-2-7-3-5-9;/h2*7H,2-5H2,1H3,(H,10,11);/q;;+2/p-2. The number of hydrogen-bond donors (Lipinski definition) is 2. The molecule has 137 valence electrons. The summed E-state index contributed by atoms with van der Waals surface area (Å²) in [6, 6.07) is 0. The van der Waals surface area contributed by atoms with Gasteiger partial charge in [-0.05, 0) is 8.64 Å². The minimum Gasteiger partial charge on any atom is -0.410 e. The molecule has 0 aliphatic carbocycles. The zero-order valence-corrected chi connectivity index (χ0v) is 17.6. The summed E-state index contributed by atoms with van der Waals surface area (Å²) in [4.78, 5) is 0. The van der Waals surface area contributed by atoms with Crippen LogP contribution in [0.2, 0.25) is 0 Å². The van der Waals surface area contributed by atoms with Gasteiger partial charge in [0.2, 0.25) is 0 Å². The van der Waals surface area contributed by atoms with Crippen LogP contribution in [0.25, 0.3) is 0 Å². The van der Waals surface area contributed by atoms with Gasteiger partial charge in [-0.15, -0.1) is 0 Å². The molecule has 0 aromatic carbocycles. The normalized spacial score (nSPS) is 18.9. The average molecular weight is 444 g/mol. The second-order valence-corrected chi connectivity index (χ2v) is 7.05. The van der Waals surface area contributed by atoms with Crippen molar-refractivity contribution in [1.29, 1.82) is 0 Å². The fraction of sp³-hybridized carbons (Fsp3) is 0.833. The van der Waals surface area contributed by atoms with Crippen molar-refractivity contribution < 1.29 is 17.1 Å². The summed E-state index contributed by atoms with van der Waals surface area (Å²) in [7, 11) is 3.83. The summed E-state index contributed by atoms with van der Waals surface area (Å²) < 4.78 is 1.04. The van der Waals surface area contributed by atoms with Crippen molar-refractivity contribution in [3.63, 3.8) is 0 Å². The first kappa shape index (κ1) is 23.6. The zero-order chi connectivity index (χ0) is 16.5. The van der Waals surface area contributed by atoms with Gasteiger partial charge in [-0.1, -0.05) is 0 Å². The van der Waals surface area contributed by atoms with Crippen molar-refractivity contribution in [2.75, 3.05) is 66.5 Å². The zero-order valence-electron chi connectivity index (χ0n) is 13.4. The summed E-state index contributed by atoms with van der Waals surface area (Å²) in [5.74, 6) is 0. The van der Waals surface area contributed by atoms with Crippen molar-refractivity contribution in [3.05, 3.63) is 0 Å². The second-order valence-electron chi connectivity index (χ2n) is 4.99. The Labute approximate surface area is 171 Å². The molecule has 11 heteroatoms. The van der Waals surface area contributed by atoms with Crippen molar-refractivity contribution in [2.24, 2.45) is 0 Å². The van der Waals surface area contributed by atoms with Gasteiger partial charge in [-0.25, -0.2) is 10.0 Å². The Morgan fingerprint density at radius 1 is 0.783 bits per heavy atom. The summed E-state index contributed by atoms with van der Waals surface area (Å²) in [5, 5.41) is 14.6. The molecule has 2 aliphatic heterocycles. The van der Waals surface area contributed by atoms with Gasteiger partial charge in [0.1, 0.15) is 0 Å². The minimum absolute atomic E-state index is 0. The van der Waals surface area contributed by atoms with Crippen LogP contribution in [-0.2, 0) is 42.3 Å². The second kappa shape index (κ2) is 12.9. The van der Waals surface area contributed by atoms with Gasteiger partial charge in [0.05, 0.1) is 0 Å². The van der Waals surface area contributed by atoms with Crippen LogP contribution in [0.15, 0.2) is 0 Å². The van der Waals surface area contributed by atoms with Gasteiger partial charge in [0.15, 0.2) is 0 Å². The molecule has 2 heterocycles. The predicted molar refractivity (Wildman–Crippen MR) is 104 cm³/mol. The fourth-order valence-electron chi connectivity index (χ4n) is 2.14. The molecule has 0 atom stereocenters. The molecule has 2 fully saturated rings. The molecule has 0 spiro atoms. The third-order valence-electron chi connectivity index (χ3n) is 3.56. The number of nitrogens with one attached hydrogen (secondary N) is 2. The molecule has 1 radical (unpaired) electrons. The van der Waals surface area contributed by atoms with E-state index >= 15 is 0 Å². The molecule has 0 aromatic rings. The number of piperazine rings is 2. The van der Waals surface area contributed by atoms with Crippen LogP contribution >= 0.6 is 24.4 Å². The van der Waals surface area contributed by atoms with E-state index in [0.717, 1.165) is 52.4 Å². The molecule has 23 heavy (non-hydrogen) atoms. The monoisotopic (exact) mass is 443 g/mol. The Morgan fingerprint density at radius 3 is 1.26 bits per heavy atom. The van der Waals surface area contributed by atoms with E-state index < -0.39 is 0 Å². The van der Waals surface area contributed by atoms with E-state index in [1.807, 2.05) is 24.1 Å². The van der Waals surface area contributed by atoms with Gasteiger partial charge >= 0.3 is 17.1 Å². The van der Waals surface area contributed by atoms with Crippen molar-refractivity contribution in [1.82, 2.24) is 30.7 Å². The number of rotatable bonds is 2. The van der Waals surface area contributed by atoms with Crippen LogP contribution in [0.4, 0.5) is 0 Å². The summed E-state index contributed by atoms with van der Waals surface area (Å²) in [6.45, 7) is 8.04. The maximum Gasteiger partial charge on any atom is 2.00 e. The van der Waals surface area contributed by atoms with E-state index in [4.69, 9.17) is 49.7 Å². The van der Waals surface area contributed by atoms with Gasteiger partial charge in [-0.3, -0.25) is 0 Å². The van der Waals surface area contributed by atoms with E-state index in [9.17, 15) is 0 Å².